The molecule has 0 spiro atoms. The van der Waals surface area contributed by atoms with Gasteiger partial charge in [-0.1, -0.05) is 5.16 Å². The summed E-state index contributed by atoms with van der Waals surface area (Å²) >= 11 is 0. The van der Waals surface area contributed by atoms with E-state index in [4.69, 9.17) is 14.0 Å². The molecule has 3 heterocycles. The van der Waals surface area contributed by atoms with Gasteiger partial charge in [-0.25, -0.2) is 4.98 Å². The summed E-state index contributed by atoms with van der Waals surface area (Å²) in [6.45, 7) is 1.14. The summed E-state index contributed by atoms with van der Waals surface area (Å²) in [5.74, 6) is 1.26. The predicted molar refractivity (Wildman–Crippen MR) is 91.1 cm³/mol. The smallest absolute Gasteiger partial charge is 0.256 e. The SMILES string of the molecule is COc1nc2c(cc1C(=O)NCCc1noc([C@@H]3CCCO3)n1)CCC2. The van der Waals surface area contributed by atoms with Crippen LogP contribution in [-0.2, 0) is 24.0 Å². The maximum Gasteiger partial charge on any atom is 0.256 e. The second-order valence-electron chi connectivity index (χ2n) is 6.56. The van der Waals surface area contributed by atoms with Gasteiger partial charge in [0.05, 0.1) is 7.11 Å². The van der Waals surface area contributed by atoms with Crippen molar-refractivity contribution in [3.63, 3.8) is 0 Å². The zero-order valence-corrected chi connectivity index (χ0v) is 14.8. The molecule has 0 saturated carbocycles. The molecule has 0 unspecified atom stereocenters. The number of nitrogens with zero attached hydrogens (tertiary/aromatic N) is 3. The van der Waals surface area contributed by atoms with Crippen molar-refractivity contribution in [2.75, 3.05) is 20.3 Å². The molecule has 26 heavy (non-hydrogen) atoms. The Kier molecular flexibility index (Phi) is 4.83. The molecule has 4 rings (SSSR count). The average Bonchev–Trinajstić information content (AvgIpc) is 3.40. The van der Waals surface area contributed by atoms with Crippen molar-refractivity contribution in [3.05, 3.63) is 34.6 Å². The summed E-state index contributed by atoms with van der Waals surface area (Å²) in [7, 11) is 1.53. The first-order valence-corrected chi connectivity index (χ1v) is 9.03. The van der Waals surface area contributed by atoms with Crippen molar-refractivity contribution >= 4 is 5.91 Å². The molecule has 1 atom stereocenters. The van der Waals surface area contributed by atoms with Crippen LogP contribution in [0.2, 0.25) is 0 Å². The molecule has 0 radical (unpaired) electrons. The fourth-order valence-corrected chi connectivity index (χ4v) is 3.43. The Morgan fingerprint density at radius 3 is 3.08 bits per heavy atom. The molecule has 8 nitrogen and oxygen atoms in total. The van der Waals surface area contributed by atoms with Crippen molar-refractivity contribution in [2.24, 2.45) is 0 Å². The summed E-state index contributed by atoms with van der Waals surface area (Å²) in [6, 6.07) is 1.90. The van der Waals surface area contributed by atoms with Crippen molar-refractivity contribution in [3.8, 4) is 5.88 Å². The molecule has 138 valence electrons. The maximum absolute atomic E-state index is 12.5. The van der Waals surface area contributed by atoms with E-state index in [2.05, 4.69) is 20.4 Å². The van der Waals surface area contributed by atoms with Gasteiger partial charge in [0, 0.05) is 25.3 Å². The minimum Gasteiger partial charge on any atom is -0.480 e. The highest BCUT2D eigenvalue weighted by molar-refractivity contribution is 5.96. The maximum atomic E-state index is 12.5. The quantitative estimate of drug-likeness (QED) is 0.840. The average molecular weight is 358 g/mol. The fraction of sp³-hybridized carbons (Fsp3) is 0.556. The van der Waals surface area contributed by atoms with E-state index in [-0.39, 0.29) is 12.0 Å². The minimum absolute atomic E-state index is 0.0902. The Labute approximate surface area is 151 Å². The van der Waals surface area contributed by atoms with E-state index in [0.717, 1.165) is 50.0 Å². The van der Waals surface area contributed by atoms with Crippen LogP contribution in [0, 0.1) is 0 Å². The molecular formula is C18H22N4O4. The van der Waals surface area contributed by atoms with E-state index >= 15 is 0 Å². The molecule has 0 aromatic carbocycles. The van der Waals surface area contributed by atoms with Crippen LogP contribution < -0.4 is 10.1 Å². The molecule has 1 aliphatic heterocycles. The molecule has 0 bridgehead atoms. The van der Waals surface area contributed by atoms with Crippen LogP contribution in [0.25, 0.3) is 0 Å². The van der Waals surface area contributed by atoms with E-state index in [1.165, 1.54) is 7.11 Å². The number of fused-ring (bicyclic) bond motifs is 1. The lowest BCUT2D eigenvalue weighted by molar-refractivity contribution is 0.0835. The lowest BCUT2D eigenvalue weighted by Crippen LogP contribution is -2.27. The van der Waals surface area contributed by atoms with Gasteiger partial charge < -0.3 is 19.3 Å². The van der Waals surface area contributed by atoms with Crippen molar-refractivity contribution in [2.45, 2.75) is 44.6 Å². The number of aromatic nitrogens is 3. The third-order valence-corrected chi connectivity index (χ3v) is 4.78. The van der Waals surface area contributed by atoms with Gasteiger partial charge in [0.25, 0.3) is 11.8 Å². The lowest BCUT2D eigenvalue weighted by Gasteiger charge is -2.10. The molecule has 2 aliphatic rings. The van der Waals surface area contributed by atoms with E-state index < -0.39 is 0 Å². The number of hydrogen-bond acceptors (Lipinski definition) is 7. The van der Waals surface area contributed by atoms with Gasteiger partial charge in [-0.05, 0) is 43.7 Å². The molecule has 8 heteroatoms. The van der Waals surface area contributed by atoms with Gasteiger partial charge in [-0.3, -0.25) is 4.79 Å². The van der Waals surface area contributed by atoms with Gasteiger partial charge >= 0.3 is 0 Å². The molecular weight excluding hydrogens is 336 g/mol. The first kappa shape index (κ1) is 17.0. The summed E-state index contributed by atoms with van der Waals surface area (Å²) in [6.07, 6.45) is 5.29. The number of hydrogen-bond donors (Lipinski definition) is 1. The van der Waals surface area contributed by atoms with Crippen molar-refractivity contribution < 1.29 is 18.8 Å². The third kappa shape index (κ3) is 3.41. The highest BCUT2D eigenvalue weighted by Gasteiger charge is 2.24. The zero-order chi connectivity index (χ0) is 17.9. The zero-order valence-electron chi connectivity index (χ0n) is 14.8. The lowest BCUT2D eigenvalue weighted by atomic mass is 10.1. The Balaban J connectivity index is 1.35. The third-order valence-electron chi connectivity index (χ3n) is 4.78. The van der Waals surface area contributed by atoms with Crippen LogP contribution in [0.15, 0.2) is 10.6 Å². The monoisotopic (exact) mass is 358 g/mol. The summed E-state index contributed by atoms with van der Waals surface area (Å²) in [4.78, 5) is 21.3. The van der Waals surface area contributed by atoms with E-state index in [9.17, 15) is 4.79 Å². The molecule has 1 fully saturated rings. The first-order chi connectivity index (χ1) is 12.7. The minimum atomic E-state index is -0.202. The number of ether oxygens (including phenoxy) is 2. The van der Waals surface area contributed by atoms with E-state index in [1.54, 1.807) is 0 Å². The summed E-state index contributed by atoms with van der Waals surface area (Å²) in [5.41, 5.74) is 2.64. The Bertz CT molecular complexity index is 798. The van der Waals surface area contributed by atoms with Crippen LogP contribution in [0.4, 0.5) is 0 Å². The number of carbonyl (C=O) groups is 1. The van der Waals surface area contributed by atoms with Gasteiger partial charge in [0.1, 0.15) is 11.7 Å². The Morgan fingerprint density at radius 1 is 1.35 bits per heavy atom. The van der Waals surface area contributed by atoms with E-state index in [1.807, 2.05) is 6.07 Å². The molecule has 1 aliphatic carbocycles. The summed E-state index contributed by atoms with van der Waals surface area (Å²) < 4.78 is 16.1. The van der Waals surface area contributed by atoms with Crippen LogP contribution in [0.3, 0.4) is 0 Å². The number of rotatable bonds is 6. The predicted octanol–water partition coefficient (Wildman–Crippen LogP) is 1.79. The number of amides is 1. The fourth-order valence-electron chi connectivity index (χ4n) is 3.43. The number of nitrogens with one attached hydrogen (secondary N) is 1. The van der Waals surface area contributed by atoms with Gasteiger partial charge in [0.2, 0.25) is 5.88 Å². The number of aryl methyl sites for hydroxylation is 2. The number of carbonyl (C=O) groups excluding carboxylic acids is 1. The second kappa shape index (κ2) is 7.41. The van der Waals surface area contributed by atoms with Crippen LogP contribution in [-0.4, -0.2) is 41.3 Å². The van der Waals surface area contributed by atoms with E-state index in [0.29, 0.717) is 36.1 Å². The van der Waals surface area contributed by atoms with Crippen LogP contribution in [0.1, 0.15) is 58.7 Å². The van der Waals surface area contributed by atoms with Gasteiger partial charge in [-0.2, -0.15) is 4.98 Å². The van der Waals surface area contributed by atoms with Crippen LogP contribution in [0.5, 0.6) is 5.88 Å². The Morgan fingerprint density at radius 2 is 2.27 bits per heavy atom. The highest BCUT2D eigenvalue weighted by atomic mass is 16.5. The largest absolute Gasteiger partial charge is 0.480 e. The second-order valence-corrected chi connectivity index (χ2v) is 6.56. The highest BCUT2D eigenvalue weighted by Crippen LogP contribution is 2.27. The molecule has 2 aromatic rings. The van der Waals surface area contributed by atoms with Crippen molar-refractivity contribution in [1.82, 2.24) is 20.4 Å². The topological polar surface area (TPSA) is 99.4 Å². The first-order valence-electron chi connectivity index (χ1n) is 9.03. The number of methoxy groups -OCH3 is 1. The molecule has 1 N–H and O–H groups in total. The van der Waals surface area contributed by atoms with Crippen LogP contribution >= 0.6 is 0 Å². The van der Waals surface area contributed by atoms with Crippen molar-refractivity contribution in [1.29, 1.82) is 0 Å². The van der Waals surface area contributed by atoms with Gasteiger partial charge in [-0.15, -0.1) is 0 Å². The van der Waals surface area contributed by atoms with Gasteiger partial charge in [0.15, 0.2) is 5.82 Å². The molecule has 2 aromatic heterocycles. The number of pyridine rings is 1. The molecule has 1 saturated heterocycles. The molecule has 1 amide bonds. The normalized spacial score (nSPS) is 18.7. The standard InChI is InChI=1S/C18H22N4O4/c1-24-17-12(10-11-4-2-5-13(11)20-17)16(23)19-8-7-15-21-18(26-22-15)14-6-3-9-25-14/h10,14H,2-9H2,1H3,(H,19,23)/t14-/m0/s1. The summed E-state index contributed by atoms with van der Waals surface area (Å²) in [5, 5.41) is 6.84. The Hall–Kier alpha value is -2.48.